The maximum atomic E-state index is 12.1. The summed E-state index contributed by atoms with van der Waals surface area (Å²) in [6.45, 7) is 4.47. The molecule has 1 fully saturated rings. The summed E-state index contributed by atoms with van der Waals surface area (Å²) in [5.41, 5.74) is 0.571. The Hall–Kier alpha value is -1.01. The normalized spacial score (nSPS) is 17.1. The van der Waals surface area contributed by atoms with Gasteiger partial charge in [-0.3, -0.25) is 9.69 Å². The van der Waals surface area contributed by atoms with E-state index in [1.165, 1.54) is 6.33 Å². The van der Waals surface area contributed by atoms with Crippen molar-refractivity contribution in [3.63, 3.8) is 0 Å². The van der Waals surface area contributed by atoms with E-state index in [-0.39, 0.29) is 5.91 Å². The molecule has 6 heteroatoms. The Labute approximate surface area is 109 Å². The van der Waals surface area contributed by atoms with Gasteiger partial charge in [0.25, 0.3) is 5.91 Å². The van der Waals surface area contributed by atoms with E-state index in [1.54, 1.807) is 12.4 Å². The predicted octanol–water partition coefficient (Wildman–Crippen LogP) is 0.629. The van der Waals surface area contributed by atoms with Crippen LogP contribution in [0.25, 0.3) is 0 Å². The molecule has 0 unspecified atom stereocenters. The maximum absolute atomic E-state index is 12.1. The van der Waals surface area contributed by atoms with Gasteiger partial charge in [-0.15, -0.1) is 0 Å². The molecule has 0 N–H and O–H groups in total. The summed E-state index contributed by atoms with van der Waals surface area (Å²) in [5.74, 6) is 0.0316. The van der Waals surface area contributed by atoms with Gasteiger partial charge in [-0.05, 0) is 0 Å². The van der Waals surface area contributed by atoms with Crippen molar-refractivity contribution in [3.05, 3.63) is 24.3 Å². The van der Waals surface area contributed by atoms with Gasteiger partial charge >= 0.3 is 0 Å². The van der Waals surface area contributed by atoms with Crippen LogP contribution >= 0.6 is 15.9 Å². The molecule has 0 spiro atoms. The van der Waals surface area contributed by atoms with Crippen molar-refractivity contribution in [3.8, 4) is 0 Å². The minimum atomic E-state index is 0.0316. The molecule has 1 aliphatic rings. The molecule has 5 nitrogen and oxygen atoms in total. The molecule has 2 heterocycles. The topological polar surface area (TPSA) is 49.3 Å². The number of rotatable bonds is 3. The Morgan fingerprint density at radius 3 is 2.47 bits per heavy atom. The lowest BCUT2D eigenvalue weighted by Crippen LogP contribution is -2.49. The highest BCUT2D eigenvalue weighted by molar-refractivity contribution is 9.09. The van der Waals surface area contributed by atoms with Crippen LogP contribution in [0.2, 0.25) is 0 Å². The molecular formula is C11H15BrN4O. The van der Waals surface area contributed by atoms with E-state index in [0.29, 0.717) is 5.56 Å². The van der Waals surface area contributed by atoms with E-state index in [1.807, 2.05) is 4.90 Å². The Morgan fingerprint density at radius 2 is 1.88 bits per heavy atom. The van der Waals surface area contributed by atoms with Gasteiger partial charge < -0.3 is 4.90 Å². The molecule has 1 aromatic rings. The lowest BCUT2D eigenvalue weighted by Gasteiger charge is -2.34. The van der Waals surface area contributed by atoms with Crippen LogP contribution in [0.3, 0.4) is 0 Å². The first-order chi connectivity index (χ1) is 8.31. The minimum absolute atomic E-state index is 0.0316. The summed E-state index contributed by atoms with van der Waals surface area (Å²) < 4.78 is 0. The standard InChI is InChI=1S/C11H15BrN4O/c12-1-2-15-3-5-16(6-4-15)11(17)10-7-13-9-14-8-10/h7-9H,1-6H2. The fourth-order valence-corrected chi connectivity index (χ4v) is 2.39. The molecular weight excluding hydrogens is 284 g/mol. The van der Waals surface area contributed by atoms with Crippen LogP contribution in [0.4, 0.5) is 0 Å². The van der Waals surface area contributed by atoms with Gasteiger partial charge in [-0.1, -0.05) is 15.9 Å². The second-order valence-electron chi connectivity index (χ2n) is 3.95. The molecule has 1 saturated heterocycles. The fourth-order valence-electron chi connectivity index (χ4n) is 1.89. The number of halogens is 1. The van der Waals surface area contributed by atoms with Gasteiger partial charge in [0, 0.05) is 50.4 Å². The third-order valence-electron chi connectivity index (χ3n) is 2.87. The molecule has 92 valence electrons. The zero-order valence-corrected chi connectivity index (χ0v) is 11.1. The van der Waals surface area contributed by atoms with E-state index in [2.05, 4.69) is 30.8 Å². The van der Waals surface area contributed by atoms with Gasteiger partial charge in [-0.25, -0.2) is 9.97 Å². The van der Waals surface area contributed by atoms with Crippen molar-refractivity contribution in [1.29, 1.82) is 0 Å². The molecule has 0 radical (unpaired) electrons. The van der Waals surface area contributed by atoms with Gasteiger partial charge in [0.1, 0.15) is 6.33 Å². The third-order valence-corrected chi connectivity index (χ3v) is 3.22. The molecule has 0 aromatic carbocycles. The molecule has 0 saturated carbocycles. The number of hydrogen-bond acceptors (Lipinski definition) is 4. The molecule has 1 aromatic heterocycles. The van der Waals surface area contributed by atoms with Crippen LogP contribution in [0.15, 0.2) is 18.7 Å². The maximum Gasteiger partial charge on any atom is 0.257 e. The molecule has 0 bridgehead atoms. The first kappa shape index (κ1) is 12.4. The van der Waals surface area contributed by atoms with E-state index in [4.69, 9.17) is 0 Å². The number of nitrogens with zero attached hydrogens (tertiary/aromatic N) is 4. The molecule has 2 rings (SSSR count). The van der Waals surface area contributed by atoms with Gasteiger partial charge in [0.2, 0.25) is 0 Å². The van der Waals surface area contributed by atoms with Gasteiger partial charge in [0.15, 0.2) is 0 Å². The van der Waals surface area contributed by atoms with E-state index < -0.39 is 0 Å². The Bertz CT molecular complexity index is 365. The summed E-state index contributed by atoms with van der Waals surface area (Å²) in [6, 6.07) is 0. The van der Waals surface area contributed by atoms with Gasteiger partial charge in [-0.2, -0.15) is 0 Å². The summed E-state index contributed by atoms with van der Waals surface area (Å²) >= 11 is 3.43. The molecule has 17 heavy (non-hydrogen) atoms. The van der Waals surface area contributed by atoms with Crippen LogP contribution in [0.5, 0.6) is 0 Å². The number of piperazine rings is 1. The highest BCUT2D eigenvalue weighted by atomic mass is 79.9. The van der Waals surface area contributed by atoms with Crippen LogP contribution in [-0.4, -0.2) is 63.7 Å². The van der Waals surface area contributed by atoms with Crippen molar-refractivity contribution >= 4 is 21.8 Å². The number of aromatic nitrogens is 2. The number of hydrogen-bond donors (Lipinski definition) is 0. The van der Waals surface area contributed by atoms with Crippen molar-refractivity contribution in [1.82, 2.24) is 19.8 Å². The Morgan fingerprint density at radius 1 is 1.24 bits per heavy atom. The molecule has 0 atom stereocenters. The largest absolute Gasteiger partial charge is 0.336 e. The average molecular weight is 299 g/mol. The summed E-state index contributed by atoms with van der Waals surface area (Å²) in [4.78, 5) is 24.0. The predicted molar refractivity (Wildman–Crippen MR) is 68.2 cm³/mol. The number of amides is 1. The van der Waals surface area contributed by atoms with Crippen molar-refractivity contribution < 1.29 is 4.79 Å². The second-order valence-corrected chi connectivity index (χ2v) is 4.74. The van der Waals surface area contributed by atoms with Crippen LogP contribution in [0, 0.1) is 0 Å². The first-order valence-corrected chi connectivity index (χ1v) is 6.76. The van der Waals surface area contributed by atoms with Gasteiger partial charge in [0.05, 0.1) is 5.56 Å². The lowest BCUT2D eigenvalue weighted by molar-refractivity contribution is 0.0644. The highest BCUT2D eigenvalue weighted by Gasteiger charge is 2.21. The van der Waals surface area contributed by atoms with E-state index in [0.717, 1.165) is 38.1 Å². The SMILES string of the molecule is O=C(c1cncnc1)N1CCN(CCBr)CC1. The van der Waals surface area contributed by atoms with Crippen LogP contribution in [0.1, 0.15) is 10.4 Å². The van der Waals surface area contributed by atoms with E-state index in [9.17, 15) is 4.79 Å². The van der Waals surface area contributed by atoms with Crippen LogP contribution in [-0.2, 0) is 0 Å². The zero-order valence-electron chi connectivity index (χ0n) is 9.55. The minimum Gasteiger partial charge on any atom is -0.336 e. The highest BCUT2D eigenvalue weighted by Crippen LogP contribution is 2.07. The van der Waals surface area contributed by atoms with Crippen molar-refractivity contribution in [2.45, 2.75) is 0 Å². The molecule has 1 aliphatic heterocycles. The number of carbonyl (C=O) groups excluding carboxylic acids is 1. The summed E-state index contributed by atoms with van der Waals surface area (Å²) in [5, 5.41) is 0.980. The Balaban J connectivity index is 1.91. The number of carbonyl (C=O) groups is 1. The zero-order chi connectivity index (χ0) is 12.1. The Kier molecular flexibility index (Phi) is 4.44. The van der Waals surface area contributed by atoms with Crippen molar-refractivity contribution in [2.75, 3.05) is 38.1 Å². The quantitative estimate of drug-likeness (QED) is 0.768. The smallest absolute Gasteiger partial charge is 0.257 e. The average Bonchev–Trinajstić information content (AvgIpc) is 2.40. The summed E-state index contributed by atoms with van der Waals surface area (Å²) in [7, 11) is 0. The molecule has 0 aliphatic carbocycles. The monoisotopic (exact) mass is 298 g/mol. The summed E-state index contributed by atoms with van der Waals surface area (Å²) in [6.07, 6.45) is 4.57. The third kappa shape index (κ3) is 3.23. The van der Waals surface area contributed by atoms with Crippen LogP contribution < -0.4 is 0 Å². The van der Waals surface area contributed by atoms with E-state index >= 15 is 0 Å². The molecule has 1 amide bonds. The second kappa shape index (κ2) is 6.07. The lowest BCUT2D eigenvalue weighted by atomic mass is 10.2. The number of alkyl halides is 1. The van der Waals surface area contributed by atoms with Crippen molar-refractivity contribution in [2.24, 2.45) is 0 Å². The first-order valence-electron chi connectivity index (χ1n) is 5.64. The fraction of sp³-hybridized carbons (Fsp3) is 0.545.